The Morgan fingerprint density at radius 2 is 1.81 bits per heavy atom. The minimum Gasteiger partial charge on any atom is -0.355 e. The third kappa shape index (κ3) is 6.03. The van der Waals surface area contributed by atoms with Crippen molar-refractivity contribution in [2.24, 2.45) is 0 Å². The van der Waals surface area contributed by atoms with Crippen LogP contribution in [-0.4, -0.2) is 82.1 Å². The summed E-state index contributed by atoms with van der Waals surface area (Å²) in [7, 11) is 2.17. The second kappa shape index (κ2) is 11.4. The lowest BCUT2D eigenvalue weighted by molar-refractivity contribution is -0.118. The van der Waals surface area contributed by atoms with E-state index in [9.17, 15) is 4.79 Å². The summed E-state index contributed by atoms with van der Waals surface area (Å²) in [4.78, 5) is 17.1. The predicted octanol–water partition coefficient (Wildman–Crippen LogP) is 2.65. The van der Waals surface area contributed by atoms with E-state index in [1.54, 1.807) is 11.8 Å². The van der Waals surface area contributed by atoms with Crippen LogP contribution >= 0.6 is 11.8 Å². The first kappa shape index (κ1) is 22.6. The quantitative estimate of drug-likeness (QED) is 0.479. The van der Waals surface area contributed by atoms with Crippen molar-refractivity contribution < 1.29 is 4.79 Å². The molecule has 1 aromatic carbocycles. The number of hydrogen-bond acceptors (Lipinski definition) is 5. The highest BCUT2D eigenvalue weighted by Crippen LogP contribution is 2.23. The van der Waals surface area contributed by atoms with Gasteiger partial charge in [0.05, 0.1) is 17.6 Å². The van der Waals surface area contributed by atoms with E-state index in [1.165, 1.54) is 0 Å². The van der Waals surface area contributed by atoms with Crippen molar-refractivity contribution in [1.29, 1.82) is 0 Å². The average Bonchev–Trinajstić information content (AvgIpc) is 3.48. The van der Waals surface area contributed by atoms with Gasteiger partial charge in [-0.05, 0) is 44.3 Å². The second-order valence-electron chi connectivity index (χ2n) is 8.17. The van der Waals surface area contributed by atoms with Gasteiger partial charge in [-0.2, -0.15) is 5.10 Å². The predicted molar refractivity (Wildman–Crippen MR) is 131 cm³/mol. The van der Waals surface area contributed by atoms with E-state index < -0.39 is 0 Å². The van der Waals surface area contributed by atoms with Crippen LogP contribution in [0.15, 0.2) is 61.1 Å². The number of para-hydroxylation sites is 1. The van der Waals surface area contributed by atoms with Gasteiger partial charge >= 0.3 is 0 Å². The zero-order valence-electron chi connectivity index (χ0n) is 18.7. The number of piperazine rings is 1. The van der Waals surface area contributed by atoms with Crippen molar-refractivity contribution in [3.8, 4) is 11.5 Å². The Balaban J connectivity index is 1.25. The lowest BCUT2D eigenvalue weighted by atomic mass is 10.3. The standard InChI is InChI=1S/C24H32N6OS/c1-27-14-16-28(17-15-27)11-7-10-25-23(31)20-32-19-21-18-26-30(22-8-3-2-4-9-22)24(21)29-12-5-6-13-29/h2-6,8-9,12-13,18H,7,10-11,14-17,19-20H2,1H3,(H,25,31). The van der Waals surface area contributed by atoms with Gasteiger partial charge in [0.25, 0.3) is 0 Å². The molecule has 0 bridgehead atoms. The topological polar surface area (TPSA) is 58.3 Å². The van der Waals surface area contributed by atoms with Gasteiger partial charge < -0.3 is 19.7 Å². The molecule has 0 atom stereocenters. The van der Waals surface area contributed by atoms with E-state index in [0.717, 1.165) is 68.5 Å². The molecule has 1 aliphatic rings. The third-order valence-electron chi connectivity index (χ3n) is 5.73. The number of nitrogens with zero attached hydrogens (tertiary/aromatic N) is 5. The summed E-state index contributed by atoms with van der Waals surface area (Å²) in [5.41, 5.74) is 2.13. The van der Waals surface area contributed by atoms with Crippen LogP contribution < -0.4 is 5.32 Å². The Bertz CT molecular complexity index is 964. The number of hydrogen-bond donors (Lipinski definition) is 1. The van der Waals surface area contributed by atoms with E-state index in [4.69, 9.17) is 0 Å². The molecule has 0 radical (unpaired) electrons. The minimum atomic E-state index is 0.103. The van der Waals surface area contributed by atoms with E-state index in [1.807, 2.05) is 65.7 Å². The van der Waals surface area contributed by atoms with Crippen LogP contribution in [0.1, 0.15) is 12.0 Å². The first-order valence-electron chi connectivity index (χ1n) is 11.2. The molecule has 0 unspecified atom stereocenters. The molecule has 0 spiro atoms. The van der Waals surface area contributed by atoms with Crippen LogP contribution in [-0.2, 0) is 10.5 Å². The molecule has 0 saturated carbocycles. The minimum absolute atomic E-state index is 0.103. The summed E-state index contributed by atoms with van der Waals surface area (Å²) < 4.78 is 4.03. The van der Waals surface area contributed by atoms with Crippen LogP contribution in [0.3, 0.4) is 0 Å². The van der Waals surface area contributed by atoms with Crippen molar-refractivity contribution in [3.63, 3.8) is 0 Å². The van der Waals surface area contributed by atoms with Gasteiger partial charge in [0.15, 0.2) is 0 Å². The summed E-state index contributed by atoms with van der Waals surface area (Å²) >= 11 is 1.63. The molecule has 3 aromatic rings. The number of aromatic nitrogens is 3. The Morgan fingerprint density at radius 1 is 1.06 bits per heavy atom. The molecule has 1 amide bonds. The van der Waals surface area contributed by atoms with E-state index in [2.05, 4.69) is 31.8 Å². The Morgan fingerprint density at radius 3 is 2.56 bits per heavy atom. The number of benzene rings is 1. The van der Waals surface area contributed by atoms with Crippen molar-refractivity contribution in [1.82, 2.24) is 29.5 Å². The molecular formula is C24H32N6OS. The highest BCUT2D eigenvalue weighted by molar-refractivity contribution is 7.99. The zero-order valence-corrected chi connectivity index (χ0v) is 19.5. The maximum Gasteiger partial charge on any atom is 0.230 e. The van der Waals surface area contributed by atoms with Gasteiger partial charge in [-0.25, -0.2) is 4.68 Å². The van der Waals surface area contributed by atoms with Crippen molar-refractivity contribution in [2.45, 2.75) is 12.2 Å². The largest absolute Gasteiger partial charge is 0.355 e. The van der Waals surface area contributed by atoms with Gasteiger partial charge in [-0.15, -0.1) is 11.8 Å². The first-order chi connectivity index (χ1) is 15.7. The van der Waals surface area contributed by atoms with Gasteiger partial charge in [0.2, 0.25) is 5.91 Å². The van der Waals surface area contributed by atoms with Crippen LogP contribution in [0.2, 0.25) is 0 Å². The summed E-state index contributed by atoms with van der Waals surface area (Å²) in [6.07, 6.45) is 6.96. The number of rotatable bonds is 10. The van der Waals surface area contributed by atoms with E-state index in [-0.39, 0.29) is 5.91 Å². The number of carbonyl (C=O) groups excluding carboxylic acids is 1. The van der Waals surface area contributed by atoms with Crippen molar-refractivity contribution in [3.05, 3.63) is 66.6 Å². The fraction of sp³-hybridized carbons (Fsp3) is 0.417. The molecule has 1 aliphatic heterocycles. The van der Waals surface area contributed by atoms with Gasteiger partial charge in [0, 0.05) is 56.4 Å². The van der Waals surface area contributed by atoms with Crippen LogP contribution in [0.25, 0.3) is 11.5 Å². The Labute approximate surface area is 194 Å². The molecule has 1 N–H and O–H groups in total. The highest BCUT2D eigenvalue weighted by atomic mass is 32.2. The lowest BCUT2D eigenvalue weighted by Crippen LogP contribution is -2.45. The van der Waals surface area contributed by atoms with Gasteiger partial charge in [0.1, 0.15) is 5.82 Å². The normalized spacial score (nSPS) is 15.2. The number of amides is 1. The maximum absolute atomic E-state index is 12.3. The molecular weight excluding hydrogens is 420 g/mol. The molecule has 0 aliphatic carbocycles. The Hall–Kier alpha value is -2.55. The molecule has 32 heavy (non-hydrogen) atoms. The maximum atomic E-state index is 12.3. The summed E-state index contributed by atoms with van der Waals surface area (Å²) in [5, 5.41) is 7.69. The molecule has 1 fully saturated rings. The number of thioether (sulfide) groups is 1. The molecule has 7 nitrogen and oxygen atoms in total. The fourth-order valence-electron chi connectivity index (χ4n) is 3.89. The molecule has 8 heteroatoms. The van der Waals surface area contributed by atoms with Crippen molar-refractivity contribution >= 4 is 17.7 Å². The number of carbonyl (C=O) groups is 1. The third-order valence-corrected chi connectivity index (χ3v) is 6.71. The molecule has 3 heterocycles. The van der Waals surface area contributed by atoms with Crippen LogP contribution in [0, 0.1) is 0 Å². The molecule has 170 valence electrons. The van der Waals surface area contributed by atoms with Gasteiger partial charge in [-0.1, -0.05) is 18.2 Å². The summed E-state index contributed by atoms with van der Waals surface area (Å²) in [6, 6.07) is 14.1. The smallest absolute Gasteiger partial charge is 0.230 e. The second-order valence-corrected chi connectivity index (χ2v) is 9.16. The monoisotopic (exact) mass is 452 g/mol. The summed E-state index contributed by atoms with van der Waals surface area (Å²) in [6.45, 7) is 6.32. The molecule has 1 saturated heterocycles. The fourth-order valence-corrected chi connectivity index (χ4v) is 4.71. The Kier molecular flexibility index (Phi) is 8.03. The van der Waals surface area contributed by atoms with Crippen LogP contribution in [0.5, 0.6) is 0 Å². The van der Waals surface area contributed by atoms with Crippen LogP contribution in [0.4, 0.5) is 0 Å². The summed E-state index contributed by atoms with van der Waals surface area (Å²) in [5.74, 6) is 2.30. The van der Waals surface area contributed by atoms with Crippen molar-refractivity contribution in [2.75, 3.05) is 52.1 Å². The SMILES string of the molecule is CN1CCN(CCCNC(=O)CSCc2cnn(-c3ccccc3)c2-n2cccc2)CC1. The lowest BCUT2D eigenvalue weighted by Gasteiger charge is -2.32. The molecule has 2 aromatic heterocycles. The average molecular weight is 453 g/mol. The van der Waals surface area contributed by atoms with Gasteiger partial charge in [-0.3, -0.25) is 4.79 Å². The molecule has 4 rings (SSSR count). The zero-order chi connectivity index (χ0) is 22.2. The van der Waals surface area contributed by atoms with E-state index >= 15 is 0 Å². The first-order valence-corrected chi connectivity index (χ1v) is 12.4. The number of nitrogens with one attached hydrogen (secondary N) is 1. The van der Waals surface area contributed by atoms with E-state index in [0.29, 0.717) is 5.75 Å². The number of likely N-dealkylation sites (N-methyl/N-ethyl adjacent to an activating group) is 1. The highest BCUT2D eigenvalue weighted by Gasteiger charge is 2.15.